The molecule has 0 spiro atoms. The number of benzene rings is 9. The minimum absolute atomic E-state index is 0.552. The topological polar surface area (TPSA) is 96.1 Å². The van der Waals surface area contributed by atoms with Gasteiger partial charge in [-0.25, -0.2) is 9.97 Å². The van der Waals surface area contributed by atoms with E-state index in [0.717, 1.165) is 72.1 Å². The van der Waals surface area contributed by atoms with Gasteiger partial charge in [-0.2, -0.15) is 10.5 Å². The second-order valence-corrected chi connectivity index (χ2v) is 17.4. The van der Waals surface area contributed by atoms with Gasteiger partial charge in [0, 0.05) is 61.4 Å². The van der Waals surface area contributed by atoms with E-state index in [1.807, 2.05) is 60.8 Å². The monoisotopic (exact) mass is 891 g/mol. The van der Waals surface area contributed by atoms with Crippen LogP contribution in [0.15, 0.2) is 225 Å². The Morgan fingerprint density at radius 1 is 0.329 bits per heavy atom. The maximum absolute atomic E-state index is 9.67. The summed E-state index contributed by atoms with van der Waals surface area (Å²) < 4.78 is 4.71. The van der Waals surface area contributed by atoms with Crippen LogP contribution in [-0.2, 0) is 0 Å². The van der Waals surface area contributed by atoms with Crippen LogP contribution in [-0.4, -0.2) is 24.1 Å². The first kappa shape index (κ1) is 40.3. The number of aromatic nitrogens is 5. The molecule has 9 aromatic carbocycles. The van der Waals surface area contributed by atoms with Gasteiger partial charge in [0.25, 0.3) is 0 Å². The maximum atomic E-state index is 9.67. The molecule has 4 heterocycles. The summed E-state index contributed by atoms with van der Waals surface area (Å²) in [4.78, 5) is 16.1. The number of nitrogens with zero attached hydrogens (tertiary/aromatic N) is 7. The van der Waals surface area contributed by atoms with Crippen LogP contribution in [0.3, 0.4) is 0 Å². The first-order valence-corrected chi connectivity index (χ1v) is 23.1. The average molecular weight is 892 g/mol. The lowest BCUT2D eigenvalue weighted by atomic mass is 9.99. The van der Waals surface area contributed by atoms with Gasteiger partial charge in [-0.05, 0) is 95.6 Å². The molecule has 0 saturated heterocycles. The molecular weight excluding hydrogens is 855 g/mol. The zero-order valence-corrected chi connectivity index (χ0v) is 37.5. The molecule has 0 fully saturated rings. The molecule has 0 N–H and O–H groups in total. The van der Waals surface area contributed by atoms with E-state index in [-0.39, 0.29) is 0 Å². The molecule has 0 atom stereocenters. The Bertz CT molecular complexity index is 4290. The molecule has 0 radical (unpaired) electrons. The predicted molar refractivity (Wildman–Crippen MR) is 283 cm³/mol. The van der Waals surface area contributed by atoms with Gasteiger partial charge in [0.1, 0.15) is 11.0 Å². The minimum atomic E-state index is 0.552. The first-order valence-electron chi connectivity index (χ1n) is 23.1. The highest BCUT2D eigenvalue weighted by atomic mass is 15.0. The lowest BCUT2D eigenvalue weighted by molar-refractivity contribution is 1.18. The number of hydrogen-bond acceptors (Lipinski definition) is 5. The molecule has 70 heavy (non-hydrogen) atoms. The van der Waals surface area contributed by atoms with E-state index in [0.29, 0.717) is 39.2 Å². The fourth-order valence-corrected chi connectivity index (χ4v) is 10.1. The zero-order valence-electron chi connectivity index (χ0n) is 37.5. The molecule has 0 bridgehead atoms. The van der Waals surface area contributed by atoms with E-state index in [9.17, 15) is 10.5 Å². The Morgan fingerprint density at radius 2 is 0.814 bits per heavy atom. The van der Waals surface area contributed by atoms with Gasteiger partial charge in [-0.3, -0.25) is 4.98 Å². The number of para-hydroxylation sites is 3. The molecule has 0 saturated carbocycles. The number of rotatable bonds is 7. The standard InChI is InChI=1S/C63H37N7/c64-37-40-22-26-43(27-23-40)60-61(44-28-24-41(38-65)25-29-44)68-63-59(42-12-3-1-4-13-42)66-39-54(62(63)67-60)47-14-11-17-49(34-47)70-56-21-10-8-19-51(56)53-35-45(31-33-57(53)70)46-30-32-52-50-18-7-9-20-55(50)69(58(52)36-46)48-15-5-2-6-16-48/h1-36,39H. The highest BCUT2D eigenvalue weighted by Gasteiger charge is 2.22. The van der Waals surface area contributed by atoms with Crippen molar-refractivity contribution in [3.8, 4) is 79.5 Å². The van der Waals surface area contributed by atoms with Crippen LogP contribution in [0.5, 0.6) is 0 Å². The Labute approximate surface area is 402 Å². The molecule has 13 aromatic rings. The highest BCUT2D eigenvalue weighted by molar-refractivity contribution is 6.13. The predicted octanol–water partition coefficient (Wildman–Crippen LogP) is 15.3. The molecular formula is C63H37N7. The van der Waals surface area contributed by atoms with Crippen molar-refractivity contribution >= 4 is 54.6 Å². The van der Waals surface area contributed by atoms with Crippen LogP contribution < -0.4 is 0 Å². The van der Waals surface area contributed by atoms with E-state index in [4.69, 9.17) is 15.0 Å². The van der Waals surface area contributed by atoms with Gasteiger partial charge in [-0.15, -0.1) is 0 Å². The summed E-state index contributed by atoms with van der Waals surface area (Å²) in [5.41, 5.74) is 17.7. The summed E-state index contributed by atoms with van der Waals surface area (Å²) >= 11 is 0. The summed E-state index contributed by atoms with van der Waals surface area (Å²) in [6.07, 6.45) is 1.91. The lowest BCUT2D eigenvalue weighted by Gasteiger charge is -2.16. The van der Waals surface area contributed by atoms with E-state index < -0.39 is 0 Å². The van der Waals surface area contributed by atoms with Crippen molar-refractivity contribution in [2.45, 2.75) is 0 Å². The second kappa shape index (κ2) is 16.4. The fraction of sp³-hybridized carbons (Fsp3) is 0. The van der Waals surface area contributed by atoms with Gasteiger partial charge < -0.3 is 9.13 Å². The van der Waals surface area contributed by atoms with Crippen LogP contribution in [0.2, 0.25) is 0 Å². The molecule has 324 valence electrons. The van der Waals surface area contributed by atoms with E-state index in [1.165, 1.54) is 21.8 Å². The van der Waals surface area contributed by atoms with Crippen LogP contribution in [0.25, 0.3) is 122 Å². The third-order valence-electron chi connectivity index (χ3n) is 13.4. The summed E-state index contributed by atoms with van der Waals surface area (Å²) in [6, 6.07) is 79.5. The minimum Gasteiger partial charge on any atom is -0.309 e. The van der Waals surface area contributed by atoms with Crippen LogP contribution >= 0.6 is 0 Å². The molecule has 0 aliphatic rings. The summed E-state index contributed by atoms with van der Waals surface area (Å²) in [5.74, 6) is 0. The molecule has 13 rings (SSSR count). The molecule has 4 aromatic heterocycles. The van der Waals surface area contributed by atoms with Crippen molar-refractivity contribution in [3.05, 3.63) is 236 Å². The quantitative estimate of drug-likeness (QED) is 0.159. The van der Waals surface area contributed by atoms with E-state index in [1.54, 1.807) is 24.3 Å². The third kappa shape index (κ3) is 6.61. The largest absolute Gasteiger partial charge is 0.309 e. The van der Waals surface area contributed by atoms with Crippen LogP contribution in [0.4, 0.5) is 0 Å². The van der Waals surface area contributed by atoms with E-state index in [2.05, 4.69) is 161 Å². The third-order valence-corrected chi connectivity index (χ3v) is 13.4. The summed E-state index contributed by atoms with van der Waals surface area (Å²) in [5, 5.41) is 24.1. The van der Waals surface area contributed by atoms with Gasteiger partial charge in [-0.1, -0.05) is 140 Å². The van der Waals surface area contributed by atoms with Gasteiger partial charge in [0.05, 0.1) is 62.4 Å². The van der Waals surface area contributed by atoms with Crippen molar-refractivity contribution in [1.82, 2.24) is 24.1 Å². The summed E-state index contributed by atoms with van der Waals surface area (Å²) in [6.45, 7) is 0. The number of nitriles is 2. The molecule has 0 amide bonds. The van der Waals surface area contributed by atoms with Gasteiger partial charge >= 0.3 is 0 Å². The van der Waals surface area contributed by atoms with Crippen molar-refractivity contribution in [3.63, 3.8) is 0 Å². The SMILES string of the molecule is N#Cc1ccc(-c2nc3c(-c4cccc(-n5c6ccccc6c6cc(-c7ccc8c9ccccc9n(-c9ccccc9)c8c7)ccc65)c4)cnc(-c4ccccc4)c3nc2-c2ccc(C#N)cc2)cc1. The first-order chi connectivity index (χ1) is 34.6. The lowest BCUT2D eigenvalue weighted by Crippen LogP contribution is -2.01. The smallest absolute Gasteiger partial charge is 0.116 e. The second-order valence-electron chi connectivity index (χ2n) is 17.4. The summed E-state index contributed by atoms with van der Waals surface area (Å²) in [7, 11) is 0. The number of pyridine rings is 1. The molecule has 0 unspecified atom stereocenters. The normalized spacial score (nSPS) is 11.4. The molecule has 0 aliphatic carbocycles. The Hall–Kier alpha value is -9.95. The Balaban J connectivity index is 0.983. The highest BCUT2D eigenvalue weighted by Crippen LogP contribution is 2.41. The van der Waals surface area contributed by atoms with Crippen LogP contribution in [0.1, 0.15) is 11.1 Å². The maximum Gasteiger partial charge on any atom is 0.116 e. The average Bonchev–Trinajstić information content (AvgIpc) is 3.95. The van der Waals surface area contributed by atoms with Gasteiger partial charge in [0.2, 0.25) is 0 Å². The Morgan fingerprint density at radius 3 is 1.49 bits per heavy atom. The molecule has 0 aliphatic heterocycles. The van der Waals surface area contributed by atoms with Crippen molar-refractivity contribution < 1.29 is 0 Å². The van der Waals surface area contributed by atoms with Crippen molar-refractivity contribution in [1.29, 1.82) is 10.5 Å². The number of hydrogen-bond donors (Lipinski definition) is 0. The van der Waals surface area contributed by atoms with E-state index >= 15 is 0 Å². The fourth-order valence-electron chi connectivity index (χ4n) is 10.1. The Kier molecular flexibility index (Phi) is 9.47. The molecule has 7 nitrogen and oxygen atoms in total. The number of fused-ring (bicyclic) bond motifs is 7. The van der Waals surface area contributed by atoms with Gasteiger partial charge in [0.15, 0.2) is 0 Å². The van der Waals surface area contributed by atoms with Crippen molar-refractivity contribution in [2.75, 3.05) is 0 Å². The molecule has 7 heteroatoms. The van der Waals surface area contributed by atoms with Crippen molar-refractivity contribution in [2.24, 2.45) is 0 Å². The van der Waals surface area contributed by atoms with Crippen LogP contribution in [0, 0.1) is 22.7 Å². The zero-order chi connectivity index (χ0) is 46.7.